The first-order valence-electron chi connectivity index (χ1n) is 9.25. The van der Waals surface area contributed by atoms with Crippen LogP contribution in [0.3, 0.4) is 0 Å². The van der Waals surface area contributed by atoms with Crippen LogP contribution in [0, 0.1) is 0 Å². The number of rotatable bonds is 7. The van der Waals surface area contributed by atoms with Gasteiger partial charge in [-0.25, -0.2) is 0 Å². The monoisotopic (exact) mass is 430 g/mol. The maximum atomic E-state index is 12.9. The van der Waals surface area contributed by atoms with Gasteiger partial charge in [0.15, 0.2) is 0 Å². The molecule has 0 bridgehead atoms. The lowest BCUT2D eigenvalue weighted by molar-refractivity contribution is -0.116. The van der Waals surface area contributed by atoms with Gasteiger partial charge in [0, 0.05) is 30.2 Å². The maximum Gasteiger partial charge on any atom is 0.240 e. The van der Waals surface area contributed by atoms with E-state index in [1.165, 1.54) is 0 Å². The molecule has 3 aromatic rings. The second kappa shape index (κ2) is 9.33. The molecule has 0 saturated carbocycles. The van der Waals surface area contributed by atoms with Crippen molar-refractivity contribution in [2.75, 3.05) is 10.7 Å². The van der Waals surface area contributed by atoms with Crippen LogP contribution in [0.5, 0.6) is 0 Å². The fraction of sp³-hybridized carbons (Fsp3) is 0.286. The van der Waals surface area contributed by atoms with Crippen molar-refractivity contribution in [1.29, 1.82) is 0 Å². The quantitative estimate of drug-likeness (QED) is 0.574. The van der Waals surface area contributed by atoms with Gasteiger partial charge >= 0.3 is 0 Å². The van der Waals surface area contributed by atoms with Gasteiger partial charge in [0.1, 0.15) is 22.4 Å². The predicted octanol–water partition coefficient (Wildman–Crippen LogP) is 3.61. The lowest BCUT2D eigenvalue weighted by Crippen LogP contribution is -2.40. The highest BCUT2D eigenvalue weighted by atomic mass is 35.5. The molecular formula is C21H23ClN4O2S. The molecule has 0 fully saturated rings. The van der Waals surface area contributed by atoms with Crippen molar-refractivity contribution < 1.29 is 9.00 Å². The van der Waals surface area contributed by atoms with E-state index in [0.717, 1.165) is 11.3 Å². The third-order valence-electron chi connectivity index (χ3n) is 4.48. The van der Waals surface area contributed by atoms with E-state index in [0.29, 0.717) is 22.4 Å². The van der Waals surface area contributed by atoms with E-state index >= 15 is 0 Å². The zero-order valence-corrected chi connectivity index (χ0v) is 18.2. The van der Waals surface area contributed by atoms with Gasteiger partial charge in [-0.3, -0.25) is 9.00 Å². The third kappa shape index (κ3) is 5.10. The smallest absolute Gasteiger partial charge is 0.240 e. The Labute approximate surface area is 178 Å². The lowest BCUT2D eigenvalue weighted by Gasteiger charge is -2.26. The molecule has 0 radical (unpaired) electrons. The van der Waals surface area contributed by atoms with E-state index in [1.54, 1.807) is 16.5 Å². The number of benzene rings is 2. The Morgan fingerprint density at radius 3 is 2.38 bits per heavy atom. The molecule has 29 heavy (non-hydrogen) atoms. The van der Waals surface area contributed by atoms with Crippen LogP contribution in [0.4, 0.5) is 5.69 Å². The Morgan fingerprint density at radius 2 is 1.76 bits per heavy atom. The molecule has 1 atom stereocenters. The zero-order valence-electron chi connectivity index (χ0n) is 16.6. The van der Waals surface area contributed by atoms with Crippen LogP contribution >= 0.6 is 11.6 Å². The number of carbonyl (C=O) groups is 1. The van der Waals surface area contributed by atoms with Crippen LogP contribution in [-0.2, 0) is 29.1 Å². The summed E-state index contributed by atoms with van der Waals surface area (Å²) in [7, 11) is 0.164. The van der Waals surface area contributed by atoms with Crippen molar-refractivity contribution >= 4 is 34.0 Å². The highest BCUT2D eigenvalue weighted by Gasteiger charge is 2.24. The zero-order chi connectivity index (χ0) is 21.0. The fourth-order valence-corrected chi connectivity index (χ4v) is 4.21. The van der Waals surface area contributed by atoms with Gasteiger partial charge in [0.2, 0.25) is 11.1 Å². The van der Waals surface area contributed by atoms with E-state index in [4.69, 9.17) is 11.6 Å². The van der Waals surface area contributed by atoms with E-state index in [1.807, 2.05) is 68.4 Å². The Bertz CT molecular complexity index is 1000. The third-order valence-corrected chi connectivity index (χ3v) is 6.00. The SMILES string of the molecule is CC(C)N(C(=O)CS(=O)c1nnc(Cc2ccc(Cl)cc2)n1C)c1ccccc1. The minimum atomic E-state index is -1.60. The van der Waals surface area contributed by atoms with Crippen LogP contribution in [-0.4, -0.2) is 36.7 Å². The van der Waals surface area contributed by atoms with Crippen molar-refractivity contribution in [1.82, 2.24) is 14.8 Å². The van der Waals surface area contributed by atoms with E-state index < -0.39 is 10.8 Å². The van der Waals surface area contributed by atoms with Crippen LogP contribution < -0.4 is 4.90 Å². The lowest BCUT2D eigenvalue weighted by atomic mass is 10.1. The van der Waals surface area contributed by atoms with Gasteiger partial charge in [-0.05, 0) is 43.7 Å². The number of halogens is 1. The minimum absolute atomic E-state index is 0.0538. The van der Waals surface area contributed by atoms with Crippen LogP contribution in [0.25, 0.3) is 0 Å². The number of aromatic nitrogens is 3. The Morgan fingerprint density at radius 1 is 1.10 bits per heavy atom. The van der Waals surface area contributed by atoms with Crippen LogP contribution in [0.2, 0.25) is 5.02 Å². The topological polar surface area (TPSA) is 68.1 Å². The average molecular weight is 431 g/mol. The molecule has 8 heteroatoms. The summed E-state index contributed by atoms with van der Waals surface area (Å²) in [5.74, 6) is 0.304. The van der Waals surface area contributed by atoms with Gasteiger partial charge < -0.3 is 9.47 Å². The Hall–Kier alpha value is -2.51. The number of hydrogen-bond acceptors (Lipinski definition) is 4. The Balaban J connectivity index is 1.74. The first-order chi connectivity index (χ1) is 13.9. The van der Waals surface area contributed by atoms with Gasteiger partial charge in [-0.2, -0.15) is 0 Å². The number of carbonyl (C=O) groups excluding carboxylic acids is 1. The summed E-state index contributed by atoms with van der Waals surface area (Å²) in [6.07, 6.45) is 0.536. The van der Waals surface area contributed by atoms with Gasteiger partial charge in [-0.1, -0.05) is 41.9 Å². The van der Waals surface area contributed by atoms with Crippen molar-refractivity contribution in [3.63, 3.8) is 0 Å². The molecule has 0 aliphatic carbocycles. The normalized spacial score (nSPS) is 12.2. The number of para-hydroxylation sites is 1. The summed E-state index contributed by atoms with van der Waals surface area (Å²) in [4.78, 5) is 14.5. The van der Waals surface area contributed by atoms with E-state index in [9.17, 15) is 9.00 Å². The molecule has 1 amide bonds. The highest BCUT2D eigenvalue weighted by Crippen LogP contribution is 2.18. The minimum Gasteiger partial charge on any atom is -0.309 e. The van der Waals surface area contributed by atoms with Crippen molar-refractivity contribution in [2.45, 2.75) is 31.5 Å². The fourth-order valence-electron chi connectivity index (χ4n) is 3.05. The van der Waals surface area contributed by atoms with Gasteiger partial charge in [0.05, 0.1) is 0 Å². The number of anilines is 1. The number of amides is 1. The average Bonchev–Trinajstić information content (AvgIpc) is 3.04. The molecule has 0 aliphatic rings. The standard InChI is InChI=1S/C21H23ClN4O2S/c1-15(2)26(18-7-5-4-6-8-18)20(27)14-29(28)21-24-23-19(25(21)3)13-16-9-11-17(22)12-10-16/h4-12,15H,13-14H2,1-3H3. The first-order valence-corrected chi connectivity index (χ1v) is 10.9. The molecule has 1 heterocycles. The van der Waals surface area contributed by atoms with Crippen molar-refractivity contribution in [2.24, 2.45) is 7.05 Å². The van der Waals surface area contributed by atoms with Gasteiger partial charge in [-0.15, -0.1) is 10.2 Å². The molecule has 1 unspecified atom stereocenters. The van der Waals surface area contributed by atoms with Gasteiger partial charge in [0.25, 0.3) is 0 Å². The van der Waals surface area contributed by atoms with Crippen LogP contribution in [0.1, 0.15) is 25.2 Å². The predicted molar refractivity (Wildman–Crippen MR) is 116 cm³/mol. The maximum absolute atomic E-state index is 12.9. The molecule has 1 aromatic heterocycles. The summed E-state index contributed by atoms with van der Waals surface area (Å²) < 4.78 is 14.6. The first kappa shape index (κ1) is 21.2. The molecule has 152 valence electrons. The second-order valence-corrected chi connectivity index (χ2v) is 8.73. The molecular weight excluding hydrogens is 408 g/mol. The Kier molecular flexibility index (Phi) is 6.82. The van der Waals surface area contributed by atoms with Crippen molar-refractivity contribution in [3.05, 3.63) is 71.0 Å². The van der Waals surface area contributed by atoms with E-state index in [-0.39, 0.29) is 17.7 Å². The summed E-state index contributed by atoms with van der Waals surface area (Å²) in [5.41, 5.74) is 1.80. The highest BCUT2D eigenvalue weighted by molar-refractivity contribution is 7.85. The number of nitrogens with zero attached hydrogens (tertiary/aromatic N) is 4. The molecule has 0 spiro atoms. The molecule has 0 aliphatic heterocycles. The molecule has 0 N–H and O–H groups in total. The van der Waals surface area contributed by atoms with E-state index in [2.05, 4.69) is 10.2 Å². The molecule has 0 saturated heterocycles. The largest absolute Gasteiger partial charge is 0.309 e. The second-order valence-electron chi connectivity index (χ2n) is 6.94. The summed E-state index contributed by atoms with van der Waals surface area (Å²) in [6.45, 7) is 3.86. The molecule has 6 nitrogen and oxygen atoms in total. The number of hydrogen-bond donors (Lipinski definition) is 0. The summed E-state index contributed by atoms with van der Waals surface area (Å²) in [5, 5.41) is 9.19. The summed E-state index contributed by atoms with van der Waals surface area (Å²) in [6, 6.07) is 16.8. The van der Waals surface area contributed by atoms with Crippen molar-refractivity contribution in [3.8, 4) is 0 Å². The molecule has 2 aromatic carbocycles. The summed E-state index contributed by atoms with van der Waals surface area (Å²) >= 11 is 5.92. The molecule has 3 rings (SSSR count). The van der Waals surface area contributed by atoms with Crippen LogP contribution in [0.15, 0.2) is 59.8 Å².